The molecule has 3 nitrogen and oxygen atoms in total. The molecule has 0 aliphatic rings. The van der Waals surface area contributed by atoms with Crippen LogP contribution in [0.3, 0.4) is 0 Å². The molecular weight excluding hydrogens is 304 g/mol. The zero-order chi connectivity index (χ0) is 14.3. The standard InChI is InChI=1S/C15H23BrN2O/c1-3-5-6-11(4-2)10-18-15(19)13-9-12(16)7-8-14(13)17/h7-9,11H,3-6,10,17H2,1-2H3,(H,18,19). The van der Waals surface area contributed by atoms with E-state index in [2.05, 4.69) is 35.1 Å². The number of carbonyl (C=O) groups is 1. The predicted octanol–water partition coefficient (Wildman–Crippen LogP) is 3.98. The van der Waals surface area contributed by atoms with E-state index in [1.807, 2.05) is 6.07 Å². The monoisotopic (exact) mass is 326 g/mol. The molecule has 0 aliphatic carbocycles. The van der Waals surface area contributed by atoms with Crippen molar-refractivity contribution < 1.29 is 4.79 Å². The molecule has 0 heterocycles. The number of carbonyl (C=O) groups excluding carboxylic acids is 1. The topological polar surface area (TPSA) is 55.1 Å². The maximum absolute atomic E-state index is 12.1. The van der Waals surface area contributed by atoms with Gasteiger partial charge in [-0.3, -0.25) is 4.79 Å². The van der Waals surface area contributed by atoms with Crippen LogP contribution in [0.5, 0.6) is 0 Å². The summed E-state index contributed by atoms with van der Waals surface area (Å²) in [5, 5.41) is 2.99. The van der Waals surface area contributed by atoms with Crippen LogP contribution < -0.4 is 11.1 Å². The largest absolute Gasteiger partial charge is 0.398 e. The summed E-state index contributed by atoms with van der Waals surface area (Å²) in [4.78, 5) is 12.1. The molecule has 0 fully saturated rings. The van der Waals surface area contributed by atoms with E-state index in [0.717, 1.165) is 17.4 Å². The molecule has 19 heavy (non-hydrogen) atoms. The molecule has 1 amide bonds. The van der Waals surface area contributed by atoms with Crippen molar-refractivity contribution in [3.05, 3.63) is 28.2 Å². The highest BCUT2D eigenvalue weighted by molar-refractivity contribution is 9.10. The number of unbranched alkanes of at least 4 members (excludes halogenated alkanes) is 1. The molecule has 1 unspecified atom stereocenters. The van der Waals surface area contributed by atoms with Crippen LogP contribution in [0.4, 0.5) is 5.69 Å². The lowest BCUT2D eigenvalue weighted by molar-refractivity contribution is 0.0946. The SMILES string of the molecule is CCCCC(CC)CNC(=O)c1cc(Br)ccc1N. The number of anilines is 1. The number of benzene rings is 1. The van der Waals surface area contributed by atoms with Gasteiger partial charge >= 0.3 is 0 Å². The van der Waals surface area contributed by atoms with Crippen LogP contribution in [-0.4, -0.2) is 12.5 Å². The highest BCUT2D eigenvalue weighted by atomic mass is 79.9. The van der Waals surface area contributed by atoms with Gasteiger partial charge in [0.15, 0.2) is 0 Å². The molecule has 106 valence electrons. The van der Waals surface area contributed by atoms with Crippen LogP contribution in [0.25, 0.3) is 0 Å². The van der Waals surface area contributed by atoms with Crippen molar-refractivity contribution in [3.63, 3.8) is 0 Å². The van der Waals surface area contributed by atoms with Gasteiger partial charge in [-0.25, -0.2) is 0 Å². The maximum Gasteiger partial charge on any atom is 0.253 e. The Kier molecular flexibility index (Phi) is 6.92. The third-order valence-electron chi connectivity index (χ3n) is 3.35. The van der Waals surface area contributed by atoms with Gasteiger partial charge in [0, 0.05) is 16.7 Å². The Morgan fingerprint density at radius 2 is 2.16 bits per heavy atom. The molecular formula is C15H23BrN2O. The van der Waals surface area contributed by atoms with E-state index < -0.39 is 0 Å². The molecule has 1 aromatic carbocycles. The van der Waals surface area contributed by atoms with E-state index in [-0.39, 0.29) is 5.91 Å². The minimum absolute atomic E-state index is 0.0891. The van der Waals surface area contributed by atoms with E-state index in [9.17, 15) is 4.79 Å². The van der Waals surface area contributed by atoms with Gasteiger partial charge in [0.05, 0.1) is 5.56 Å². The zero-order valence-electron chi connectivity index (χ0n) is 11.7. The number of hydrogen-bond acceptors (Lipinski definition) is 2. The lowest BCUT2D eigenvalue weighted by atomic mass is 9.99. The number of rotatable bonds is 7. The lowest BCUT2D eigenvalue weighted by Crippen LogP contribution is -2.29. The Labute approximate surface area is 124 Å². The molecule has 0 bridgehead atoms. The Hall–Kier alpha value is -1.03. The van der Waals surface area contributed by atoms with Crippen LogP contribution >= 0.6 is 15.9 Å². The summed E-state index contributed by atoms with van der Waals surface area (Å²) in [6, 6.07) is 5.34. The summed E-state index contributed by atoms with van der Waals surface area (Å²) in [5.41, 5.74) is 6.89. The van der Waals surface area contributed by atoms with Crippen molar-refractivity contribution in [1.82, 2.24) is 5.32 Å². The van der Waals surface area contributed by atoms with Gasteiger partial charge < -0.3 is 11.1 Å². The fourth-order valence-corrected chi connectivity index (χ4v) is 2.36. The molecule has 4 heteroatoms. The molecule has 3 N–H and O–H groups in total. The Bertz CT molecular complexity index is 421. The summed E-state index contributed by atoms with van der Waals surface area (Å²) in [6.07, 6.45) is 4.67. The van der Waals surface area contributed by atoms with Crippen LogP contribution in [0.2, 0.25) is 0 Å². The number of nitrogen functional groups attached to an aromatic ring is 1. The highest BCUT2D eigenvalue weighted by Crippen LogP contribution is 2.18. The number of hydrogen-bond donors (Lipinski definition) is 2. The summed E-state index contributed by atoms with van der Waals surface area (Å²) in [6.45, 7) is 5.08. The van der Waals surface area contributed by atoms with Gasteiger partial charge in [0.25, 0.3) is 5.91 Å². The van der Waals surface area contributed by atoms with E-state index in [0.29, 0.717) is 17.2 Å². The Morgan fingerprint density at radius 3 is 2.79 bits per heavy atom. The quantitative estimate of drug-likeness (QED) is 0.744. The molecule has 1 rings (SSSR count). The third kappa shape index (κ3) is 5.23. The number of halogens is 1. The summed E-state index contributed by atoms with van der Waals surface area (Å²) in [5.74, 6) is 0.464. The van der Waals surface area contributed by atoms with Crippen molar-refractivity contribution >= 4 is 27.5 Å². The minimum atomic E-state index is -0.0891. The van der Waals surface area contributed by atoms with Crippen molar-refractivity contribution in [2.24, 2.45) is 5.92 Å². The van der Waals surface area contributed by atoms with Gasteiger partial charge in [-0.2, -0.15) is 0 Å². The number of nitrogens with one attached hydrogen (secondary N) is 1. The van der Waals surface area contributed by atoms with Crippen LogP contribution in [0.1, 0.15) is 49.9 Å². The van der Waals surface area contributed by atoms with Crippen LogP contribution in [0, 0.1) is 5.92 Å². The average Bonchev–Trinajstić information content (AvgIpc) is 2.41. The molecule has 1 atom stereocenters. The Morgan fingerprint density at radius 1 is 1.42 bits per heavy atom. The van der Waals surface area contributed by atoms with E-state index in [1.54, 1.807) is 12.1 Å². The average molecular weight is 327 g/mol. The summed E-state index contributed by atoms with van der Waals surface area (Å²) in [7, 11) is 0. The first-order valence-electron chi connectivity index (χ1n) is 6.91. The molecule has 0 spiro atoms. The molecule has 1 aromatic rings. The molecule has 0 radical (unpaired) electrons. The normalized spacial score (nSPS) is 12.2. The smallest absolute Gasteiger partial charge is 0.253 e. The molecule has 0 saturated heterocycles. The molecule has 0 saturated carbocycles. The van der Waals surface area contributed by atoms with Gasteiger partial charge in [-0.15, -0.1) is 0 Å². The van der Waals surface area contributed by atoms with Gasteiger partial charge in [-0.1, -0.05) is 49.0 Å². The van der Waals surface area contributed by atoms with Crippen LogP contribution in [0.15, 0.2) is 22.7 Å². The second kappa shape index (κ2) is 8.20. The Balaban J connectivity index is 2.56. The highest BCUT2D eigenvalue weighted by Gasteiger charge is 2.12. The fraction of sp³-hybridized carbons (Fsp3) is 0.533. The lowest BCUT2D eigenvalue weighted by Gasteiger charge is -2.15. The van der Waals surface area contributed by atoms with Crippen molar-refractivity contribution in [2.75, 3.05) is 12.3 Å². The second-order valence-corrected chi connectivity index (χ2v) is 5.77. The summed E-state index contributed by atoms with van der Waals surface area (Å²) >= 11 is 3.36. The van der Waals surface area contributed by atoms with Gasteiger partial charge in [-0.05, 0) is 30.5 Å². The first-order valence-corrected chi connectivity index (χ1v) is 7.71. The first-order chi connectivity index (χ1) is 9.08. The van der Waals surface area contributed by atoms with E-state index in [4.69, 9.17) is 5.73 Å². The van der Waals surface area contributed by atoms with Crippen molar-refractivity contribution in [2.45, 2.75) is 39.5 Å². The van der Waals surface area contributed by atoms with Gasteiger partial charge in [0.1, 0.15) is 0 Å². The zero-order valence-corrected chi connectivity index (χ0v) is 13.3. The van der Waals surface area contributed by atoms with Crippen molar-refractivity contribution in [3.8, 4) is 0 Å². The minimum Gasteiger partial charge on any atom is -0.398 e. The third-order valence-corrected chi connectivity index (χ3v) is 3.85. The van der Waals surface area contributed by atoms with Gasteiger partial charge in [0.2, 0.25) is 0 Å². The van der Waals surface area contributed by atoms with E-state index in [1.165, 1.54) is 19.3 Å². The first kappa shape index (κ1) is 16.0. The maximum atomic E-state index is 12.1. The number of amides is 1. The van der Waals surface area contributed by atoms with E-state index >= 15 is 0 Å². The number of nitrogens with two attached hydrogens (primary N) is 1. The predicted molar refractivity (Wildman–Crippen MR) is 84.2 cm³/mol. The second-order valence-electron chi connectivity index (χ2n) is 4.86. The van der Waals surface area contributed by atoms with Crippen LogP contribution in [-0.2, 0) is 0 Å². The molecule has 0 aromatic heterocycles. The fourth-order valence-electron chi connectivity index (χ4n) is 2.00. The summed E-state index contributed by atoms with van der Waals surface area (Å²) < 4.78 is 0.866. The van der Waals surface area contributed by atoms with Crippen molar-refractivity contribution in [1.29, 1.82) is 0 Å². The molecule has 0 aliphatic heterocycles.